The van der Waals surface area contributed by atoms with Crippen LogP contribution < -0.4 is 11.1 Å². The Kier molecular flexibility index (Phi) is 5.31. The van der Waals surface area contributed by atoms with E-state index in [0.717, 1.165) is 25.0 Å². The minimum Gasteiger partial charge on any atom is -0.328 e. The van der Waals surface area contributed by atoms with Gasteiger partial charge in [0.1, 0.15) is 0 Å². The first-order valence-electron chi connectivity index (χ1n) is 6.90. The molecule has 0 aromatic heterocycles. The number of carbonyl (C=O) groups excluding carboxylic acids is 1. The van der Waals surface area contributed by atoms with Crippen molar-refractivity contribution in [3.63, 3.8) is 0 Å². The lowest BCUT2D eigenvalue weighted by Gasteiger charge is -2.29. The Labute approximate surface area is 131 Å². The van der Waals surface area contributed by atoms with Gasteiger partial charge in [-0.3, -0.25) is 9.69 Å². The maximum Gasteiger partial charge on any atom is 0.417 e. The zero-order valence-corrected chi connectivity index (χ0v) is 12.5. The van der Waals surface area contributed by atoms with Crippen LogP contribution >= 0.6 is 11.6 Å². The standard InChI is InChI=1S/C14H17ClF3N3O/c15-12-2-1-10(7-11(12)14(16,17)18)20-13(22)8-21-5-3-9(19)4-6-21/h1-2,7,9H,3-6,8,19H2,(H,20,22). The molecule has 1 aliphatic rings. The monoisotopic (exact) mass is 335 g/mol. The predicted molar refractivity (Wildman–Crippen MR) is 78.7 cm³/mol. The van der Waals surface area contributed by atoms with Crippen LogP contribution in [0.1, 0.15) is 18.4 Å². The van der Waals surface area contributed by atoms with E-state index in [9.17, 15) is 18.0 Å². The number of piperidine rings is 1. The van der Waals surface area contributed by atoms with Crippen molar-refractivity contribution in [1.82, 2.24) is 4.90 Å². The molecule has 0 saturated carbocycles. The average molecular weight is 336 g/mol. The van der Waals surface area contributed by atoms with Crippen molar-refractivity contribution < 1.29 is 18.0 Å². The van der Waals surface area contributed by atoms with E-state index in [1.165, 1.54) is 6.07 Å². The largest absolute Gasteiger partial charge is 0.417 e. The number of rotatable bonds is 3. The molecule has 3 N–H and O–H groups in total. The summed E-state index contributed by atoms with van der Waals surface area (Å²) in [6.07, 6.45) is -2.93. The Balaban J connectivity index is 1.97. The topological polar surface area (TPSA) is 58.4 Å². The number of amides is 1. The number of nitrogens with two attached hydrogens (primary N) is 1. The van der Waals surface area contributed by atoms with Crippen molar-refractivity contribution in [3.05, 3.63) is 28.8 Å². The van der Waals surface area contributed by atoms with Crippen LogP contribution in [0.3, 0.4) is 0 Å². The summed E-state index contributed by atoms with van der Waals surface area (Å²) in [5, 5.41) is 2.08. The summed E-state index contributed by atoms with van der Waals surface area (Å²) in [6.45, 7) is 1.56. The minimum atomic E-state index is -4.55. The molecule has 1 aromatic rings. The second-order valence-electron chi connectivity index (χ2n) is 5.35. The van der Waals surface area contributed by atoms with E-state index in [2.05, 4.69) is 5.32 Å². The number of nitrogens with one attached hydrogen (secondary N) is 1. The summed E-state index contributed by atoms with van der Waals surface area (Å²) in [4.78, 5) is 13.8. The smallest absolute Gasteiger partial charge is 0.328 e. The van der Waals surface area contributed by atoms with Crippen LogP contribution in [0, 0.1) is 0 Å². The molecule has 1 aliphatic heterocycles. The molecule has 0 atom stereocenters. The van der Waals surface area contributed by atoms with Gasteiger partial charge in [0, 0.05) is 24.8 Å². The number of anilines is 1. The third kappa shape index (κ3) is 4.59. The molecule has 1 aromatic carbocycles. The number of nitrogens with zero attached hydrogens (tertiary/aromatic N) is 1. The van der Waals surface area contributed by atoms with Crippen molar-refractivity contribution in [3.8, 4) is 0 Å². The zero-order valence-electron chi connectivity index (χ0n) is 11.8. The van der Waals surface area contributed by atoms with Crippen molar-refractivity contribution in [2.45, 2.75) is 25.1 Å². The van der Waals surface area contributed by atoms with Crippen molar-refractivity contribution >= 4 is 23.2 Å². The number of likely N-dealkylation sites (tertiary alicyclic amines) is 1. The summed E-state index contributed by atoms with van der Waals surface area (Å²) in [5.41, 5.74) is 4.89. The van der Waals surface area contributed by atoms with Gasteiger partial charge >= 0.3 is 6.18 Å². The van der Waals surface area contributed by atoms with E-state index in [1.54, 1.807) is 0 Å². The van der Waals surface area contributed by atoms with Gasteiger partial charge < -0.3 is 11.1 Å². The number of benzene rings is 1. The first kappa shape index (κ1) is 17.1. The third-order valence-electron chi connectivity index (χ3n) is 3.55. The van der Waals surface area contributed by atoms with E-state index < -0.39 is 16.8 Å². The number of carbonyl (C=O) groups is 1. The van der Waals surface area contributed by atoms with Crippen molar-refractivity contribution in [1.29, 1.82) is 0 Å². The molecule has 4 nitrogen and oxygen atoms in total. The highest BCUT2D eigenvalue weighted by atomic mass is 35.5. The lowest BCUT2D eigenvalue weighted by atomic mass is 10.1. The average Bonchev–Trinajstić information content (AvgIpc) is 2.42. The van der Waals surface area contributed by atoms with Gasteiger partial charge in [-0.2, -0.15) is 13.2 Å². The van der Waals surface area contributed by atoms with Crippen LogP contribution in [0.25, 0.3) is 0 Å². The summed E-state index contributed by atoms with van der Waals surface area (Å²) in [6, 6.07) is 3.47. The number of alkyl halides is 3. The van der Waals surface area contributed by atoms with E-state index in [1.807, 2.05) is 4.90 Å². The maximum atomic E-state index is 12.8. The predicted octanol–water partition coefficient (Wildman–Crippen LogP) is 2.72. The SMILES string of the molecule is NC1CCN(CC(=O)Nc2ccc(Cl)c(C(F)(F)F)c2)CC1. The van der Waals surface area contributed by atoms with Crippen LogP contribution in [0.4, 0.5) is 18.9 Å². The van der Waals surface area contributed by atoms with Gasteiger partial charge in [0.25, 0.3) is 0 Å². The molecule has 122 valence electrons. The summed E-state index contributed by atoms with van der Waals surface area (Å²) in [7, 11) is 0. The number of hydrogen-bond donors (Lipinski definition) is 2. The molecule has 0 bridgehead atoms. The number of hydrogen-bond acceptors (Lipinski definition) is 3. The third-order valence-corrected chi connectivity index (χ3v) is 3.88. The van der Waals surface area contributed by atoms with E-state index >= 15 is 0 Å². The molecule has 22 heavy (non-hydrogen) atoms. The van der Waals surface area contributed by atoms with Gasteiger partial charge in [-0.05, 0) is 31.0 Å². The fourth-order valence-corrected chi connectivity index (χ4v) is 2.56. The highest BCUT2D eigenvalue weighted by Gasteiger charge is 2.33. The molecular weight excluding hydrogens is 319 g/mol. The maximum absolute atomic E-state index is 12.8. The fourth-order valence-electron chi connectivity index (χ4n) is 2.33. The molecule has 1 amide bonds. The van der Waals surface area contributed by atoms with E-state index in [-0.39, 0.29) is 24.2 Å². The Morgan fingerprint density at radius 3 is 2.59 bits per heavy atom. The second-order valence-corrected chi connectivity index (χ2v) is 5.76. The molecule has 0 aliphatic carbocycles. The summed E-state index contributed by atoms with van der Waals surface area (Å²) in [5.74, 6) is -0.356. The molecule has 0 radical (unpaired) electrons. The first-order chi connectivity index (χ1) is 10.3. The van der Waals surface area contributed by atoms with Crippen LogP contribution in [0.15, 0.2) is 18.2 Å². The van der Waals surface area contributed by atoms with Gasteiger partial charge in [-0.1, -0.05) is 11.6 Å². The second kappa shape index (κ2) is 6.85. The highest BCUT2D eigenvalue weighted by Crippen LogP contribution is 2.36. The lowest BCUT2D eigenvalue weighted by molar-refractivity contribution is -0.137. The Morgan fingerprint density at radius 2 is 2.00 bits per heavy atom. The van der Waals surface area contributed by atoms with Gasteiger partial charge in [0.2, 0.25) is 5.91 Å². The quantitative estimate of drug-likeness (QED) is 0.893. The van der Waals surface area contributed by atoms with Crippen molar-refractivity contribution in [2.24, 2.45) is 5.73 Å². The Morgan fingerprint density at radius 1 is 1.36 bits per heavy atom. The number of halogens is 4. The first-order valence-corrected chi connectivity index (χ1v) is 7.28. The molecular formula is C14H17ClF3N3O. The normalized spacial score (nSPS) is 17.5. The highest BCUT2D eigenvalue weighted by molar-refractivity contribution is 6.31. The fraction of sp³-hybridized carbons (Fsp3) is 0.500. The van der Waals surface area contributed by atoms with Crippen LogP contribution in [-0.4, -0.2) is 36.5 Å². The van der Waals surface area contributed by atoms with Gasteiger partial charge in [-0.15, -0.1) is 0 Å². The lowest BCUT2D eigenvalue weighted by Crippen LogP contribution is -2.43. The van der Waals surface area contributed by atoms with Crippen LogP contribution in [0.2, 0.25) is 5.02 Å². The van der Waals surface area contributed by atoms with Crippen LogP contribution in [-0.2, 0) is 11.0 Å². The van der Waals surface area contributed by atoms with Gasteiger partial charge in [0.05, 0.1) is 17.1 Å². The van der Waals surface area contributed by atoms with E-state index in [4.69, 9.17) is 17.3 Å². The van der Waals surface area contributed by atoms with Gasteiger partial charge in [-0.25, -0.2) is 0 Å². The van der Waals surface area contributed by atoms with E-state index in [0.29, 0.717) is 13.1 Å². The molecule has 1 heterocycles. The van der Waals surface area contributed by atoms with Gasteiger partial charge in [0.15, 0.2) is 0 Å². The van der Waals surface area contributed by atoms with Crippen LogP contribution in [0.5, 0.6) is 0 Å². The molecule has 2 rings (SSSR count). The van der Waals surface area contributed by atoms with Crippen molar-refractivity contribution in [2.75, 3.05) is 25.0 Å². The molecule has 8 heteroatoms. The summed E-state index contributed by atoms with van der Waals surface area (Å²) >= 11 is 5.53. The molecule has 1 saturated heterocycles. The Hall–Kier alpha value is -1.31. The Bertz CT molecular complexity index is 543. The molecule has 0 spiro atoms. The summed E-state index contributed by atoms with van der Waals surface area (Å²) < 4.78 is 38.3. The molecule has 0 unspecified atom stereocenters. The minimum absolute atomic E-state index is 0.0791. The zero-order chi connectivity index (χ0) is 16.3. The molecule has 1 fully saturated rings.